The minimum Gasteiger partial charge on any atom is -0.481 e. The molecule has 0 spiro atoms. The van der Waals surface area contributed by atoms with Gasteiger partial charge in [-0.2, -0.15) is 0 Å². The monoisotopic (exact) mass is 396 g/mol. The van der Waals surface area contributed by atoms with Crippen LogP contribution in [0.25, 0.3) is 0 Å². The molecular formula is C23H28N2O4. The lowest BCUT2D eigenvalue weighted by Gasteiger charge is -2.19. The molecule has 0 aliphatic heterocycles. The summed E-state index contributed by atoms with van der Waals surface area (Å²) in [6.45, 7) is 5.79. The molecule has 3 N–H and O–H groups in total. The topological polar surface area (TPSA) is 95.5 Å². The molecule has 2 rings (SSSR count). The second-order valence-corrected chi connectivity index (χ2v) is 7.54. The van der Waals surface area contributed by atoms with Crippen molar-refractivity contribution in [1.82, 2.24) is 5.32 Å². The third kappa shape index (κ3) is 7.07. The van der Waals surface area contributed by atoms with E-state index in [-0.39, 0.29) is 24.2 Å². The lowest BCUT2D eigenvalue weighted by molar-refractivity contribution is -0.137. The summed E-state index contributed by atoms with van der Waals surface area (Å²) in [5.41, 5.74) is 2.78. The van der Waals surface area contributed by atoms with E-state index < -0.39 is 12.0 Å². The fraction of sp³-hybridized carbons (Fsp3) is 0.348. The van der Waals surface area contributed by atoms with Gasteiger partial charge in [-0.3, -0.25) is 14.4 Å². The van der Waals surface area contributed by atoms with Crippen molar-refractivity contribution in [2.24, 2.45) is 5.92 Å². The minimum atomic E-state index is -0.905. The number of rotatable bonds is 9. The van der Waals surface area contributed by atoms with Gasteiger partial charge in [-0.25, -0.2) is 0 Å². The Labute approximate surface area is 171 Å². The van der Waals surface area contributed by atoms with Gasteiger partial charge in [0.25, 0.3) is 5.91 Å². The summed E-state index contributed by atoms with van der Waals surface area (Å²) in [4.78, 5) is 35.7. The Morgan fingerprint density at radius 1 is 1.03 bits per heavy atom. The van der Waals surface area contributed by atoms with Gasteiger partial charge in [-0.1, -0.05) is 44.2 Å². The van der Waals surface area contributed by atoms with Crippen LogP contribution in [0.4, 0.5) is 5.69 Å². The number of carbonyl (C=O) groups excluding carboxylic acids is 2. The Kier molecular flexibility index (Phi) is 7.95. The molecule has 2 amide bonds. The SMILES string of the molecule is Cc1cc(C(=O)NC(CCC(=O)O)c2ccccc2)ccc1NC(=O)CC(C)C. The molecule has 1 unspecified atom stereocenters. The van der Waals surface area contributed by atoms with Gasteiger partial charge < -0.3 is 15.7 Å². The Bertz CT molecular complexity index is 862. The van der Waals surface area contributed by atoms with E-state index in [2.05, 4.69) is 10.6 Å². The van der Waals surface area contributed by atoms with Crippen LogP contribution in [0.3, 0.4) is 0 Å². The van der Waals surface area contributed by atoms with Crippen molar-refractivity contribution in [3.63, 3.8) is 0 Å². The van der Waals surface area contributed by atoms with Gasteiger partial charge in [-0.15, -0.1) is 0 Å². The molecule has 0 heterocycles. The van der Waals surface area contributed by atoms with E-state index >= 15 is 0 Å². The highest BCUT2D eigenvalue weighted by Crippen LogP contribution is 2.21. The van der Waals surface area contributed by atoms with Crippen molar-refractivity contribution < 1.29 is 19.5 Å². The first kappa shape index (κ1) is 22.1. The third-order valence-corrected chi connectivity index (χ3v) is 4.51. The third-order valence-electron chi connectivity index (χ3n) is 4.51. The van der Waals surface area contributed by atoms with Crippen molar-refractivity contribution in [2.75, 3.05) is 5.32 Å². The van der Waals surface area contributed by atoms with Crippen LogP contribution in [0, 0.1) is 12.8 Å². The molecule has 0 fully saturated rings. The second kappa shape index (κ2) is 10.4. The molecule has 0 aliphatic rings. The van der Waals surface area contributed by atoms with Crippen molar-refractivity contribution in [1.29, 1.82) is 0 Å². The number of carboxylic acid groups (broad SMARTS) is 1. The Morgan fingerprint density at radius 2 is 1.72 bits per heavy atom. The molecule has 0 aliphatic carbocycles. The van der Waals surface area contributed by atoms with Crippen molar-refractivity contribution >= 4 is 23.5 Å². The maximum Gasteiger partial charge on any atom is 0.303 e. The average molecular weight is 396 g/mol. The van der Waals surface area contributed by atoms with Gasteiger partial charge in [0.15, 0.2) is 0 Å². The van der Waals surface area contributed by atoms with E-state index in [1.54, 1.807) is 18.2 Å². The van der Waals surface area contributed by atoms with Crippen LogP contribution in [0.15, 0.2) is 48.5 Å². The summed E-state index contributed by atoms with van der Waals surface area (Å²) >= 11 is 0. The van der Waals surface area contributed by atoms with Gasteiger partial charge in [0.2, 0.25) is 5.91 Å². The maximum absolute atomic E-state index is 12.8. The van der Waals surface area contributed by atoms with E-state index in [9.17, 15) is 14.4 Å². The number of anilines is 1. The van der Waals surface area contributed by atoms with Crippen LogP contribution in [-0.4, -0.2) is 22.9 Å². The molecule has 2 aromatic carbocycles. The number of benzene rings is 2. The average Bonchev–Trinajstić information content (AvgIpc) is 2.66. The molecule has 2 aromatic rings. The fourth-order valence-corrected chi connectivity index (χ4v) is 3.03. The first-order chi connectivity index (χ1) is 13.8. The number of amides is 2. The number of carboxylic acids is 1. The highest BCUT2D eigenvalue weighted by molar-refractivity contribution is 5.96. The van der Waals surface area contributed by atoms with Crippen LogP contribution in [0.2, 0.25) is 0 Å². The molecule has 0 aromatic heterocycles. The van der Waals surface area contributed by atoms with Gasteiger partial charge in [0.05, 0.1) is 6.04 Å². The van der Waals surface area contributed by atoms with Crippen molar-refractivity contribution in [2.45, 2.75) is 46.1 Å². The highest BCUT2D eigenvalue weighted by Gasteiger charge is 2.18. The zero-order valence-corrected chi connectivity index (χ0v) is 17.1. The first-order valence-electron chi connectivity index (χ1n) is 9.74. The second-order valence-electron chi connectivity index (χ2n) is 7.54. The number of aliphatic carboxylic acids is 1. The molecule has 6 heteroatoms. The zero-order chi connectivity index (χ0) is 21.4. The highest BCUT2D eigenvalue weighted by atomic mass is 16.4. The molecule has 29 heavy (non-hydrogen) atoms. The first-order valence-corrected chi connectivity index (χ1v) is 9.74. The van der Waals surface area contributed by atoms with E-state index in [0.29, 0.717) is 24.1 Å². The van der Waals surface area contributed by atoms with Crippen LogP contribution in [0.5, 0.6) is 0 Å². The van der Waals surface area contributed by atoms with E-state index in [0.717, 1.165) is 11.1 Å². The summed E-state index contributed by atoms with van der Waals surface area (Å²) in [5, 5.41) is 14.8. The van der Waals surface area contributed by atoms with Crippen molar-refractivity contribution in [3.05, 3.63) is 65.2 Å². The number of hydrogen-bond acceptors (Lipinski definition) is 3. The smallest absolute Gasteiger partial charge is 0.303 e. The maximum atomic E-state index is 12.8. The predicted octanol–water partition coefficient (Wildman–Crippen LogP) is 4.32. The molecule has 0 radical (unpaired) electrons. The summed E-state index contributed by atoms with van der Waals surface area (Å²) in [6, 6.07) is 14.0. The standard InChI is InChI=1S/C23H28N2O4/c1-15(2)13-21(26)24-19-10-9-18(14-16(19)3)23(29)25-20(11-12-22(27)28)17-7-5-4-6-8-17/h4-10,14-15,20H,11-13H2,1-3H3,(H,24,26)(H,25,29)(H,27,28). The Morgan fingerprint density at radius 3 is 2.31 bits per heavy atom. The molecule has 1 atom stereocenters. The number of nitrogens with one attached hydrogen (secondary N) is 2. The Hall–Kier alpha value is -3.15. The van der Waals surface area contributed by atoms with Gasteiger partial charge in [-0.05, 0) is 48.6 Å². The van der Waals surface area contributed by atoms with Crippen LogP contribution in [0.1, 0.15) is 60.6 Å². The minimum absolute atomic E-state index is 0.0420. The summed E-state index contributed by atoms with van der Waals surface area (Å²) in [5.74, 6) is -0.982. The van der Waals surface area contributed by atoms with Crippen LogP contribution >= 0.6 is 0 Å². The van der Waals surface area contributed by atoms with Gasteiger partial charge in [0, 0.05) is 24.1 Å². The number of aryl methyl sites for hydroxylation is 1. The quantitative estimate of drug-likeness (QED) is 0.588. The molecule has 0 saturated heterocycles. The molecule has 154 valence electrons. The normalized spacial score (nSPS) is 11.7. The lowest BCUT2D eigenvalue weighted by atomic mass is 10.0. The van der Waals surface area contributed by atoms with Crippen molar-refractivity contribution in [3.8, 4) is 0 Å². The fourth-order valence-electron chi connectivity index (χ4n) is 3.03. The predicted molar refractivity (Wildman–Crippen MR) is 113 cm³/mol. The van der Waals surface area contributed by atoms with E-state index in [4.69, 9.17) is 5.11 Å². The largest absolute Gasteiger partial charge is 0.481 e. The number of hydrogen-bond donors (Lipinski definition) is 3. The van der Waals surface area contributed by atoms with Crippen LogP contribution in [-0.2, 0) is 9.59 Å². The summed E-state index contributed by atoms with van der Waals surface area (Å²) in [7, 11) is 0. The summed E-state index contributed by atoms with van der Waals surface area (Å²) in [6.07, 6.45) is 0.692. The summed E-state index contributed by atoms with van der Waals surface area (Å²) < 4.78 is 0. The Balaban J connectivity index is 2.12. The lowest BCUT2D eigenvalue weighted by Crippen LogP contribution is -2.29. The molecule has 0 bridgehead atoms. The van der Waals surface area contributed by atoms with E-state index in [1.165, 1.54) is 0 Å². The molecule has 6 nitrogen and oxygen atoms in total. The zero-order valence-electron chi connectivity index (χ0n) is 17.1. The molecular weight excluding hydrogens is 368 g/mol. The van der Waals surface area contributed by atoms with E-state index in [1.807, 2.05) is 51.1 Å². The van der Waals surface area contributed by atoms with Gasteiger partial charge in [0.1, 0.15) is 0 Å². The molecule has 0 saturated carbocycles. The number of carbonyl (C=O) groups is 3. The van der Waals surface area contributed by atoms with Gasteiger partial charge >= 0.3 is 5.97 Å². The van der Waals surface area contributed by atoms with Crippen LogP contribution < -0.4 is 10.6 Å².